The maximum atomic E-state index is 11.4. The summed E-state index contributed by atoms with van der Waals surface area (Å²) in [4.78, 5) is 22.8. The molecule has 4 unspecified atom stereocenters. The zero-order valence-electron chi connectivity index (χ0n) is 11.0. The van der Waals surface area contributed by atoms with Gasteiger partial charge in [-0.05, 0) is 20.3 Å². The molecule has 2 rings (SSSR count). The molecule has 0 aromatic rings. The quantitative estimate of drug-likeness (QED) is 0.576. The van der Waals surface area contributed by atoms with Gasteiger partial charge in [-0.1, -0.05) is 12.2 Å². The third kappa shape index (κ3) is 3.00. The van der Waals surface area contributed by atoms with Crippen molar-refractivity contribution in [2.75, 3.05) is 13.2 Å². The van der Waals surface area contributed by atoms with Crippen LogP contribution in [0.3, 0.4) is 0 Å². The van der Waals surface area contributed by atoms with Crippen molar-refractivity contribution < 1.29 is 28.5 Å². The van der Waals surface area contributed by atoms with Crippen molar-refractivity contribution in [3.8, 4) is 0 Å². The second kappa shape index (κ2) is 5.95. The van der Waals surface area contributed by atoms with E-state index in [1.807, 2.05) is 12.2 Å². The Morgan fingerprint density at radius 3 is 1.74 bits per heavy atom. The first-order chi connectivity index (χ1) is 9.15. The Balaban J connectivity index is 1.97. The van der Waals surface area contributed by atoms with Gasteiger partial charge >= 0.3 is 12.3 Å². The van der Waals surface area contributed by atoms with Gasteiger partial charge in [0.15, 0.2) is 0 Å². The molecule has 6 nitrogen and oxygen atoms in total. The van der Waals surface area contributed by atoms with Gasteiger partial charge in [-0.25, -0.2) is 9.59 Å². The molecule has 0 aromatic carbocycles. The molecule has 0 heterocycles. The number of hydrogen-bond acceptors (Lipinski definition) is 6. The molecule has 0 N–H and O–H groups in total. The van der Waals surface area contributed by atoms with Crippen molar-refractivity contribution in [1.29, 1.82) is 0 Å². The van der Waals surface area contributed by atoms with E-state index in [2.05, 4.69) is 0 Å². The fourth-order valence-electron chi connectivity index (χ4n) is 2.57. The molecule has 0 saturated heterocycles. The minimum Gasteiger partial charge on any atom is -0.435 e. The van der Waals surface area contributed by atoms with E-state index in [0.717, 1.165) is 6.42 Å². The lowest BCUT2D eigenvalue weighted by molar-refractivity contribution is -0.0578. The van der Waals surface area contributed by atoms with Gasteiger partial charge in [0.25, 0.3) is 0 Å². The highest BCUT2D eigenvalue weighted by Gasteiger charge is 2.49. The number of carbonyl (C=O) groups excluding carboxylic acids is 2. The molecule has 0 spiro atoms. The number of ether oxygens (including phenoxy) is 4. The fraction of sp³-hybridized carbons (Fsp3) is 0.692. The van der Waals surface area contributed by atoms with Gasteiger partial charge in [0, 0.05) is 11.8 Å². The summed E-state index contributed by atoms with van der Waals surface area (Å²) in [5, 5.41) is 0. The standard InChI is InChI=1S/C13H18O6/c1-3-16-12(14)18-10-8-5-6-9(7-8)11(10)19-13(15)17-4-2/h5-6,8-11H,3-4,7H2,1-2H3. The molecule has 0 aromatic heterocycles. The maximum Gasteiger partial charge on any atom is 0.508 e. The summed E-state index contributed by atoms with van der Waals surface area (Å²) in [7, 11) is 0. The molecule has 6 heteroatoms. The van der Waals surface area contributed by atoms with Gasteiger partial charge in [-0.15, -0.1) is 0 Å². The van der Waals surface area contributed by atoms with Gasteiger partial charge in [-0.3, -0.25) is 0 Å². The average Bonchev–Trinajstić information content (AvgIpc) is 2.93. The minimum atomic E-state index is -0.731. The van der Waals surface area contributed by atoms with Gasteiger partial charge in [-0.2, -0.15) is 0 Å². The van der Waals surface area contributed by atoms with E-state index in [-0.39, 0.29) is 25.0 Å². The summed E-state index contributed by atoms with van der Waals surface area (Å²) in [5.41, 5.74) is 0. The molecule has 0 aliphatic heterocycles. The first-order valence-corrected chi connectivity index (χ1v) is 6.50. The number of hydrogen-bond donors (Lipinski definition) is 0. The Morgan fingerprint density at radius 2 is 1.37 bits per heavy atom. The Kier molecular flexibility index (Phi) is 4.29. The van der Waals surface area contributed by atoms with Crippen molar-refractivity contribution >= 4 is 12.3 Å². The number of fused-ring (bicyclic) bond motifs is 2. The molecular formula is C13H18O6. The Labute approximate surface area is 111 Å². The zero-order valence-corrected chi connectivity index (χ0v) is 11.0. The summed E-state index contributed by atoms with van der Waals surface area (Å²) in [6.45, 7) is 3.90. The van der Waals surface area contributed by atoms with Crippen LogP contribution in [0.2, 0.25) is 0 Å². The van der Waals surface area contributed by atoms with Crippen molar-refractivity contribution in [2.24, 2.45) is 11.8 Å². The molecule has 106 valence electrons. The van der Waals surface area contributed by atoms with Crippen molar-refractivity contribution in [1.82, 2.24) is 0 Å². The lowest BCUT2D eigenvalue weighted by atomic mass is 10.0. The van der Waals surface area contributed by atoms with Crippen LogP contribution in [0.25, 0.3) is 0 Å². The van der Waals surface area contributed by atoms with Gasteiger partial charge < -0.3 is 18.9 Å². The van der Waals surface area contributed by atoms with Crippen LogP contribution in [0.4, 0.5) is 9.59 Å². The van der Waals surface area contributed by atoms with Crippen molar-refractivity contribution in [3.63, 3.8) is 0 Å². The second-order valence-electron chi connectivity index (χ2n) is 4.48. The Bertz CT molecular complexity index is 343. The van der Waals surface area contributed by atoms with Crippen LogP contribution in [0, 0.1) is 11.8 Å². The molecule has 4 atom stereocenters. The number of rotatable bonds is 4. The van der Waals surface area contributed by atoms with E-state index in [9.17, 15) is 9.59 Å². The Morgan fingerprint density at radius 1 is 0.947 bits per heavy atom. The SMILES string of the molecule is CCOC(=O)OC1C2C=CC(C2)C1OC(=O)OCC. The molecule has 2 aliphatic carbocycles. The summed E-state index contributed by atoms with van der Waals surface area (Å²) in [5.74, 6) is 0.155. The van der Waals surface area contributed by atoms with Crippen LogP contribution in [-0.2, 0) is 18.9 Å². The molecular weight excluding hydrogens is 252 g/mol. The summed E-state index contributed by atoms with van der Waals surface area (Å²) < 4.78 is 20.0. The molecule has 19 heavy (non-hydrogen) atoms. The van der Waals surface area contributed by atoms with Crippen LogP contribution in [0.1, 0.15) is 20.3 Å². The first kappa shape index (κ1) is 13.7. The van der Waals surface area contributed by atoms with E-state index < -0.39 is 24.5 Å². The molecule has 2 aliphatic rings. The van der Waals surface area contributed by atoms with Gasteiger partial charge in [0.1, 0.15) is 12.2 Å². The van der Waals surface area contributed by atoms with Crippen molar-refractivity contribution in [3.05, 3.63) is 12.2 Å². The van der Waals surface area contributed by atoms with Crippen LogP contribution >= 0.6 is 0 Å². The Hall–Kier alpha value is -1.72. The zero-order chi connectivity index (χ0) is 13.8. The normalized spacial score (nSPS) is 31.1. The third-order valence-corrected chi connectivity index (χ3v) is 3.31. The van der Waals surface area contributed by atoms with Crippen LogP contribution in [0.5, 0.6) is 0 Å². The smallest absolute Gasteiger partial charge is 0.435 e. The average molecular weight is 270 g/mol. The summed E-state index contributed by atoms with van der Waals surface area (Å²) in [6, 6.07) is 0. The topological polar surface area (TPSA) is 71.1 Å². The van der Waals surface area contributed by atoms with E-state index >= 15 is 0 Å². The van der Waals surface area contributed by atoms with E-state index in [4.69, 9.17) is 18.9 Å². The second-order valence-corrected chi connectivity index (χ2v) is 4.48. The van der Waals surface area contributed by atoms with E-state index in [0.29, 0.717) is 0 Å². The van der Waals surface area contributed by atoms with Gasteiger partial charge in [0.05, 0.1) is 13.2 Å². The van der Waals surface area contributed by atoms with Crippen molar-refractivity contribution in [2.45, 2.75) is 32.5 Å². The highest BCUT2D eigenvalue weighted by molar-refractivity contribution is 5.62. The van der Waals surface area contributed by atoms with E-state index in [1.165, 1.54) is 0 Å². The van der Waals surface area contributed by atoms with E-state index in [1.54, 1.807) is 13.8 Å². The number of carbonyl (C=O) groups is 2. The van der Waals surface area contributed by atoms with Gasteiger partial charge in [0.2, 0.25) is 0 Å². The highest BCUT2D eigenvalue weighted by Crippen LogP contribution is 2.43. The van der Waals surface area contributed by atoms with Crippen LogP contribution < -0.4 is 0 Å². The third-order valence-electron chi connectivity index (χ3n) is 3.31. The molecule has 0 radical (unpaired) electrons. The van der Waals surface area contributed by atoms with Crippen LogP contribution in [0.15, 0.2) is 12.2 Å². The summed E-state index contributed by atoms with van der Waals surface area (Å²) in [6.07, 6.45) is 2.35. The molecule has 1 saturated carbocycles. The highest BCUT2D eigenvalue weighted by atomic mass is 16.8. The lowest BCUT2D eigenvalue weighted by Gasteiger charge is -2.26. The molecule has 2 bridgehead atoms. The molecule has 1 fully saturated rings. The maximum absolute atomic E-state index is 11.4. The minimum absolute atomic E-state index is 0.0776. The summed E-state index contributed by atoms with van der Waals surface area (Å²) >= 11 is 0. The van der Waals surface area contributed by atoms with Crippen LogP contribution in [-0.4, -0.2) is 37.7 Å². The molecule has 0 amide bonds. The lowest BCUT2D eigenvalue weighted by Crippen LogP contribution is -2.38. The predicted octanol–water partition coefficient (Wildman–Crippen LogP) is 2.28. The monoisotopic (exact) mass is 270 g/mol. The predicted molar refractivity (Wildman–Crippen MR) is 64.5 cm³/mol. The fourth-order valence-corrected chi connectivity index (χ4v) is 2.57. The first-order valence-electron chi connectivity index (χ1n) is 6.50. The largest absolute Gasteiger partial charge is 0.508 e.